The smallest absolute Gasteiger partial charge is 0.255 e. The Labute approximate surface area is 161 Å². The van der Waals surface area contributed by atoms with Gasteiger partial charge in [-0.3, -0.25) is 19.8 Å². The van der Waals surface area contributed by atoms with Gasteiger partial charge in [-0.05, 0) is 43.2 Å². The molecule has 2 aromatic carbocycles. The predicted octanol–water partition coefficient (Wildman–Crippen LogP) is 2.60. The van der Waals surface area contributed by atoms with E-state index in [-0.39, 0.29) is 29.2 Å². The summed E-state index contributed by atoms with van der Waals surface area (Å²) in [7, 11) is 0. The zero-order valence-corrected chi connectivity index (χ0v) is 15.0. The molecule has 1 saturated heterocycles. The Hall–Kier alpha value is -3.61. The third-order valence-electron chi connectivity index (χ3n) is 5.05. The van der Waals surface area contributed by atoms with Gasteiger partial charge in [0.25, 0.3) is 5.91 Å². The SMILES string of the molecule is O=C(Nc1ccccc1O)c1cccc(N2NC(=O)[C@@H]3CC=CC[C@@H]3C2=O)c1. The molecule has 2 atom stereocenters. The highest BCUT2D eigenvalue weighted by Crippen LogP contribution is 2.32. The molecular formula is C21H19N3O4. The minimum Gasteiger partial charge on any atom is -0.506 e. The summed E-state index contributed by atoms with van der Waals surface area (Å²) in [6, 6.07) is 12.8. The van der Waals surface area contributed by atoms with Crippen LogP contribution in [0.1, 0.15) is 23.2 Å². The molecular weight excluding hydrogens is 358 g/mol. The maximum Gasteiger partial charge on any atom is 0.255 e. The van der Waals surface area contributed by atoms with Gasteiger partial charge in [0.1, 0.15) is 5.75 Å². The van der Waals surface area contributed by atoms with Crippen LogP contribution in [0.5, 0.6) is 5.75 Å². The second kappa shape index (κ2) is 7.19. The van der Waals surface area contributed by atoms with Crippen LogP contribution in [0.15, 0.2) is 60.7 Å². The molecule has 2 aliphatic rings. The van der Waals surface area contributed by atoms with Crippen LogP contribution in [0, 0.1) is 11.8 Å². The molecule has 28 heavy (non-hydrogen) atoms. The van der Waals surface area contributed by atoms with Gasteiger partial charge in [0.2, 0.25) is 11.8 Å². The average molecular weight is 377 g/mol. The minimum absolute atomic E-state index is 0.0399. The Morgan fingerprint density at radius 3 is 2.57 bits per heavy atom. The molecule has 0 saturated carbocycles. The van der Waals surface area contributed by atoms with E-state index in [0.29, 0.717) is 24.1 Å². The van der Waals surface area contributed by atoms with Crippen molar-refractivity contribution in [3.8, 4) is 5.75 Å². The molecule has 1 aliphatic heterocycles. The van der Waals surface area contributed by atoms with E-state index in [9.17, 15) is 19.5 Å². The van der Waals surface area contributed by atoms with Gasteiger partial charge in [-0.1, -0.05) is 30.4 Å². The summed E-state index contributed by atoms with van der Waals surface area (Å²) < 4.78 is 0. The summed E-state index contributed by atoms with van der Waals surface area (Å²) in [6.45, 7) is 0. The van der Waals surface area contributed by atoms with Gasteiger partial charge in [-0.25, -0.2) is 5.01 Å². The highest BCUT2D eigenvalue weighted by Gasteiger charge is 2.42. The number of amides is 3. The van der Waals surface area contributed by atoms with Crippen molar-refractivity contribution in [1.82, 2.24) is 5.43 Å². The summed E-state index contributed by atoms with van der Waals surface area (Å²) in [5.41, 5.74) is 3.65. The highest BCUT2D eigenvalue weighted by atomic mass is 16.3. The lowest BCUT2D eigenvalue weighted by molar-refractivity contribution is -0.139. The van der Waals surface area contributed by atoms with Gasteiger partial charge in [-0.15, -0.1) is 0 Å². The van der Waals surface area contributed by atoms with E-state index in [2.05, 4.69) is 10.7 Å². The zero-order valence-electron chi connectivity index (χ0n) is 15.0. The second-order valence-electron chi connectivity index (χ2n) is 6.83. The molecule has 2 aromatic rings. The number of hydrogen-bond donors (Lipinski definition) is 3. The summed E-state index contributed by atoms with van der Waals surface area (Å²) in [4.78, 5) is 37.8. The predicted molar refractivity (Wildman–Crippen MR) is 103 cm³/mol. The van der Waals surface area contributed by atoms with Crippen molar-refractivity contribution in [2.45, 2.75) is 12.8 Å². The van der Waals surface area contributed by atoms with Crippen LogP contribution in [-0.2, 0) is 9.59 Å². The number of para-hydroxylation sites is 2. The zero-order chi connectivity index (χ0) is 19.7. The number of nitrogens with one attached hydrogen (secondary N) is 2. The Bertz CT molecular complexity index is 985. The standard InChI is InChI=1S/C21H19N3O4/c25-18-11-4-3-10-17(18)22-19(26)13-6-5-7-14(12-13)24-21(28)16-9-2-1-8-15(16)20(27)23-24/h1-7,10-12,15-16,25H,8-9H2,(H,22,26)(H,23,27)/t15-,16+/m1/s1. The Morgan fingerprint density at radius 1 is 1.04 bits per heavy atom. The van der Waals surface area contributed by atoms with E-state index in [1.54, 1.807) is 36.4 Å². The first-order chi connectivity index (χ1) is 13.5. The Balaban J connectivity index is 1.57. The summed E-state index contributed by atoms with van der Waals surface area (Å²) in [5, 5.41) is 13.7. The maximum atomic E-state index is 12.9. The molecule has 142 valence electrons. The molecule has 1 aliphatic carbocycles. The summed E-state index contributed by atoms with van der Waals surface area (Å²) in [5.74, 6) is -1.59. The second-order valence-corrected chi connectivity index (χ2v) is 6.83. The molecule has 0 radical (unpaired) electrons. The largest absolute Gasteiger partial charge is 0.506 e. The number of rotatable bonds is 3. The van der Waals surface area contributed by atoms with Crippen molar-refractivity contribution in [1.29, 1.82) is 0 Å². The van der Waals surface area contributed by atoms with Crippen molar-refractivity contribution in [3.05, 3.63) is 66.2 Å². The Morgan fingerprint density at radius 2 is 1.79 bits per heavy atom. The number of phenolic OH excluding ortho intramolecular Hbond substituents is 1. The molecule has 7 nitrogen and oxygen atoms in total. The average Bonchev–Trinajstić information content (AvgIpc) is 2.72. The third kappa shape index (κ3) is 3.22. The maximum absolute atomic E-state index is 12.9. The fourth-order valence-corrected chi connectivity index (χ4v) is 3.54. The lowest BCUT2D eigenvalue weighted by Crippen LogP contribution is -2.59. The number of nitrogens with zero attached hydrogens (tertiary/aromatic N) is 1. The molecule has 4 rings (SSSR count). The molecule has 0 bridgehead atoms. The van der Waals surface area contributed by atoms with Gasteiger partial charge >= 0.3 is 0 Å². The van der Waals surface area contributed by atoms with Gasteiger partial charge in [0.15, 0.2) is 0 Å². The van der Waals surface area contributed by atoms with Crippen LogP contribution in [0.2, 0.25) is 0 Å². The van der Waals surface area contributed by atoms with Crippen molar-refractivity contribution in [2.24, 2.45) is 11.8 Å². The highest BCUT2D eigenvalue weighted by molar-refractivity contribution is 6.07. The van der Waals surface area contributed by atoms with Crippen LogP contribution in [0.25, 0.3) is 0 Å². The summed E-state index contributed by atoms with van der Waals surface area (Å²) >= 11 is 0. The first-order valence-electron chi connectivity index (χ1n) is 9.03. The number of anilines is 2. The fraction of sp³-hybridized carbons (Fsp3) is 0.190. The van der Waals surface area contributed by atoms with E-state index < -0.39 is 11.8 Å². The molecule has 0 unspecified atom stereocenters. The number of benzene rings is 2. The number of carbonyl (C=O) groups is 3. The monoisotopic (exact) mass is 377 g/mol. The first kappa shape index (κ1) is 17.8. The van der Waals surface area contributed by atoms with E-state index in [1.165, 1.54) is 17.1 Å². The summed E-state index contributed by atoms with van der Waals surface area (Å²) in [6.07, 6.45) is 4.93. The van der Waals surface area contributed by atoms with Crippen molar-refractivity contribution in [3.63, 3.8) is 0 Å². The number of aromatic hydroxyl groups is 1. The number of hydrazine groups is 1. The third-order valence-corrected chi connectivity index (χ3v) is 5.05. The molecule has 1 fully saturated rings. The topological polar surface area (TPSA) is 98.7 Å². The van der Waals surface area contributed by atoms with Crippen molar-refractivity contribution >= 4 is 29.1 Å². The molecule has 1 heterocycles. The van der Waals surface area contributed by atoms with Crippen LogP contribution in [0.4, 0.5) is 11.4 Å². The van der Waals surface area contributed by atoms with Gasteiger partial charge < -0.3 is 10.4 Å². The number of allylic oxidation sites excluding steroid dienone is 2. The van der Waals surface area contributed by atoms with Crippen LogP contribution >= 0.6 is 0 Å². The van der Waals surface area contributed by atoms with E-state index >= 15 is 0 Å². The van der Waals surface area contributed by atoms with E-state index in [1.807, 2.05) is 12.2 Å². The number of carbonyl (C=O) groups excluding carboxylic acids is 3. The van der Waals surface area contributed by atoms with Crippen molar-refractivity contribution < 1.29 is 19.5 Å². The lowest BCUT2D eigenvalue weighted by atomic mass is 9.80. The Kier molecular flexibility index (Phi) is 4.57. The molecule has 0 spiro atoms. The normalized spacial score (nSPS) is 21.1. The van der Waals surface area contributed by atoms with Crippen LogP contribution < -0.4 is 15.8 Å². The molecule has 3 amide bonds. The number of phenols is 1. The van der Waals surface area contributed by atoms with Gasteiger partial charge in [-0.2, -0.15) is 0 Å². The number of hydrogen-bond acceptors (Lipinski definition) is 4. The van der Waals surface area contributed by atoms with Crippen LogP contribution in [-0.4, -0.2) is 22.8 Å². The first-order valence-corrected chi connectivity index (χ1v) is 9.03. The fourth-order valence-electron chi connectivity index (χ4n) is 3.54. The van der Waals surface area contributed by atoms with E-state index in [0.717, 1.165) is 0 Å². The van der Waals surface area contributed by atoms with Crippen LogP contribution in [0.3, 0.4) is 0 Å². The molecule has 0 aromatic heterocycles. The van der Waals surface area contributed by atoms with Gasteiger partial charge in [0, 0.05) is 5.56 Å². The molecule has 3 N–H and O–H groups in total. The van der Waals surface area contributed by atoms with Crippen molar-refractivity contribution in [2.75, 3.05) is 10.3 Å². The van der Waals surface area contributed by atoms with E-state index in [4.69, 9.17) is 0 Å². The van der Waals surface area contributed by atoms with Gasteiger partial charge in [0.05, 0.1) is 23.2 Å². The quantitative estimate of drug-likeness (QED) is 0.566. The molecule has 7 heteroatoms. The minimum atomic E-state index is -0.433. The number of fused-ring (bicyclic) bond motifs is 1. The lowest BCUT2D eigenvalue weighted by Gasteiger charge is -2.38.